The Bertz CT molecular complexity index is 82.4. The lowest BCUT2D eigenvalue weighted by atomic mass is 10.0. The smallest absolute Gasteiger partial charge is 0.0517 e. The van der Waals surface area contributed by atoms with Crippen molar-refractivity contribution in [3.63, 3.8) is 0 Å². The maximum atomic E-state index is 8.93. The Labute approximate surface area is 50.7 Å². The minimum atomic E-state index is -0.0949. The Kier molecular flexibility index (Phi) is 1.31. The van der Waals surface area contributed by atoms with Crippen LogP contribution < -0.4 is 0 Å². The van der Waals surface area contributed by atoms with Crippen LogP contribution in [0.15, 0.2) is 0 Å². The molecule has 0 aromatic heterocycles. The summed E-state index contributed by atoms with van der Waals surface area (Å²) in [7, 11) is 0. The second kappa shape index (κ2) is 1.73. The van der Waals surface area contributed by atoms with Gasteiger partial charge in [-0.2, -0.15) is 0 Å². The summed E-state index contributed by atoms with van der Waals surface area (Å²) in [6.07, 6.45) is 3.53. The zero-order valence-electron chi connectivity index (χ0n) is 5.65. The van der Waals surface area contributed by atoms with Gasteiger partial charge in [-0.25, -0.2) is 0 Å². The summed E-state index contributed by atoms with van der Waals surface area (Å²) in [6, 6.07) is 0. The van der Waals surface area contributed by atoms with Crippen molar-refractivity contribution in [1.82, 2.24) is 0 Å². The highest BCUT2D eigenvalue weighted by Gasteiger charge is 2.37. The second-order valence-corrected chi connectivity index (χ2v) is 3.36. The third-order valence-corrected chi connectivity index (χ3v) is 1.89. The first-order valence-corrected chi connectivity index (χ1v) is 3.30. The molecule has 8 heavy (non-hydrogen) atoms. The Morgan fingerprint density at radius 2 is 2.12 bits per heavy atom. The van der Waals surface area contributed by atoms with Crippen molar-refractivity contribution in [2.24, 2.45) is 5.41 Å². The van der Waals surface area contributed by atoms with Gasteiger partial charge in [-0.3, -0.25) is 0 Å². The van der Waals surface area contributed by atoms with Crippen LogP contribution in [0.25, 0.3) is 0 Å². The van der Waals surface area contributed by atoms with Crippen molar-refractivity contribution in [2.45, 2.75) is 39.2 Å². The average Bonchev–Trinajstić information content (AvgIpc) is 2.17. The van der Waals surface area contributed by atoms with Crippen LogP contribution >= 0.6 is 0 Å². The predicted molar refractivity (Wildman–Crippen MR) is 33.6 cm³/mol. The van der Waals surface area contributed by atoms with Gasteiger partial charge in [0.2, 0.25) is 0 Å². The number of hydrogen-bond donors (Lipinski definition) is 1. The first-order chi connectivity index (χ1) is 3.62. The molecule has 0 unspecified atom stereocenters. The van der Waals surface area contributed by atoms with Crippen molar-refractivity contribution < 1.29 is 5.11 Å². The van der Waals surface area contributed by atoms with Gasteiger partial charge in [0.05, 0.1) is 6.10 Å². The Morgan fingerprint density at radius 1 is 1.62 bits per heavy atom. The highest BCUT2D eigenvalue weighted by Crippen LogP contribution is 2.48. The molecule has 1 fully saturated rings. The van der Waals surface area contributed by atoms with E-state index in [-0.39, 0.29) is 6.10 Å². The van der Waals surface area contributed by atoms with Crippen LogP contribution in [0.4, 0.5) is 0 Å². The molecule has 1 nitrogen and oxygen atoms in total. The monoisotopic (exact) mass is 114 g/mol. The Morgan fingerprint density at radius 3 is 2.25 bits per heavy atom. The first kappa shape index (κ1) is 6.09. The zero-order valence-corrected chi connectivity index (χ0v) is 5.65. The molecule has 0 heterocycles. The summed E-state index contributed by atoms with van der Waals surface area (Å²) >= 11 is 0. The molecule has 1 aliphatic rings. The fraction of sp³-hybridized carbons (Fsp3) is 1.00. The van der Waals surface area contributed by atoms with Crippen LogP contribution in [-0.4, -0.2) is 11.2 Å². The van der Waals surface area contributed by atoms with E-state index >= 15 is 0 Å². The van der Waals surface area contributed by atoms with Crippen molar-refractivity contribution >= 4 is 0 Å². The van der Waals surface area contributed by atoms with E-state index in [9.17, 15) is 0 Å². The molecule has 0 bridgehead atoms. The molecule has 0 radical (unpaired) electrons. The van der Waals surface area contributed by atoms with Gasteiger partial charge in [0.25, 0.3) is 0 Å². The molecule has 1 rings (SSSR count). The van der Waals surface area contributed by atoms with Gasteiger partial charge in [-0.05, 0) is 31.6 Å². The maximum absolute atomic E-state index is 8.93. The van der Waals surface area contributed by atoms with Gasteiger partial charge in [-0.15, -0.1) is 0 Å². The molecule has 1 N–H and O–H groups in total. The lowest BCUT2D eigenvalue weighted by molar-refractivity contribution is 0.159. The normalized spacial score (nSPS) is 27.4. The first-order valence-electron chi connectivity index (χ1n) is 3.30. The zero-order chi connectivity index (χ0) is 6.20. The topological polar surface area (TPSA) is 20.2 Å². The highest BCUT2D eigenvalue weighted by molar-refractivity contribution is 4.89. The average molecular weight is 114 g/mol. The summed E-state index contributed by atoms with van der Waals surface area (Å²) in [4.78, 5) is 0. The maximum Gasteiger partial charge on any atom is 0.0517 e. The molecule has 0 aromatic rings. The molecule has 48 valence electrons. The fourth-order valence-electron chi connectivity index (χ4n) is 1.13. The van der Waals surface area contributed by atoms with E-state index in [1.807, 2.05) is 6.92 Å². The fourth-order valence-corrected chi connectivity index (χ4v) is 1.13. The summed E-state index contributed by atoms with van der Waals surface area (Å²) < 4.78 is 0. The van der Waals surface area contributed by atoms with E-state index in [2.05, 4.69) is 6.92 Å². The van der Waals surface area contributed by atoms with E-state index < -0.39 is 0 Å². The molecular formula is C7H14O. The van der Waals surface area contributed by atoms with Crippen molar-refractivity contribution in [2.75, 3.05) is 0 Å². The standard InChI is InChI=1S/C7H14O/c1-6(8)5-7(2)3-4-7/h6,8H,3-5H2,1-2H3/t6-/m1/s1. The molecular weight excluding hydrogens is 100 g/mol. The molecule has 0 amide bonds. The minimum Gasteiger partial charge on any atom is -0.393 e. The summed E-state index contributed by atoms with van der Waals surface area (Å²) in [6.45, 7) is 4.10. The van der Waals surface area contributed by atoms with Crippen LogP contribution in [-0.2, 0) is 0 Å². The second-order valence-electron chi connectivity index (χ2n) is 3.36. The van der Waals surface area contributed by atoms with Gasteiger partial charge < -0.3 is 5.11 Å². The lowest BCUT2D eigenvalue weighted by Gasteiger charge is -2.08. The summed E-state index contributed by atoms with van der Waals surface area (Å²) in [5, 5.41) is 8.93. The number of hydrogen-bond acceptors (Lipinski definition) is 1. The number of rotatable bonds is 2. The van der Waals surface area contributed by atoms with Gasteiger partial charge in [-0.1, -0.05) is 6.92 Å². The SMILES string of the molecule is C[C@@H](O)CC1(C)CC1. The van der Waals surface area contributed by atoms with E-state index in [1.165, 1.54) is 12.8 Å². The van der Waals surface area contributed by atoms with Crippen LogP contribution in [0.1, 0.15) is 33.1 Å². The molecule has 1 saturated carbocycles. The molecule has 1 heteroatoms. The number of aliphatic hydroxyl groups is 1. The van der Waals surface area contributed by atoms with Crippen molar-refractivity contribution in [3.05, 3.63) is 0 Å². The van der Waals surface area contributed by atoms with Gasteiger partial charge in [0, 0.05) is 0 Å². The van der Waals surface area contributed by atoms with Crippen LogP contribution in [0.5, 0.6) is 0 Å². The summed E-state index contributed by atoms with van der Waals surface area (Å²) in [5.74, 6) is 0. The lowest BCUT2D eigenvalue weighted by Crippen LogP contribution is -2.06. The van der Waals surface area contributed by atoms with Crippen LogP contribution in [0.2, 0.25) is 0 Å². The Hall–Kier alpha value is -0.0400. The van der Waals surface area contributed by atoms with E-state index in [4.69, 9.17) is 5.11 Å². The quantitative estimate of drug-likeness (QED) is 0.577. The third kappa shape index (κ3) is 1.48. The summed E-state index contributed by atoms with van der Waals surface area (Å²) in [5.41, 5.74) is 0.522. The van der Waals surface area contributed by atoms with Crippen LogP contribution in [0, 0.1) is 5.41 Å². The Balaban J connectivity index is 2.19. The molecule has 0 saturated heterocycles. The molecule has 0 aromatic carbocycles. The molecule has 1 aliphatic carbocycles. The van der Waals surface area contributed by atoms with Crippen LogP contribution in [0.3, 0.4) is 0 Å². The number of aliphatic hydroxyl groups excluding tert-OH is 1. The third-order valence-electron chi connectivity index (χ3n) is 1.89. The highest BCUT2D eigenvalue weighted by atomic mass is 16.3. The minimum absolute atomic E-state index is 0.0949. The van der Waals surface area contributed by atoms with Gasteiger partial charge in [0.15, 0.2) is 0 Å². The largest absolute Gasteiger partial charge is 0.393 e. The molecule has 1 atom stereocenters. The van der Waals surface area contributed by atoms with Gasteiger partial charge >= 0.3 is 0 Å². The van der Waals surface area contributed by atoms with E-state index in [0.29, 0.717) is 5.41 Å². The molecule has 0 spiro atoms. The van der Waals surface area contributed by atoms with Gasteiger partial charge in [0.1, 0.15) is 0 Å². The van der Waals surface area contributed by atoms with E-state index in [1.54, 1.807) is 0 Å². The van der Waals surface area contributed by atoms with Crippen molar-refractivity contribution in [3.8, 4) is 0 Å². The van der Waals surface area contributed by atoms with E-state index in [0.717, 1.165) is 6.42 Å². The predicted octanol–water partition coefficient (Wildman–Crippen LogP) is 1.56. The molecule has 0 aliphatic heterocycles. The van der Waals surface area contributed by atoms with Crippen molar-refractivity contribution in [1.29, 1.82) is 0 Å².